The van der Waals surface area contributed by atoms with Gasteiger partial charge < -0.3 is 10.6 Å². The Bertz CT molecular complexity index is 646. The number of hydrogen-bond donors (Lipinski definition) is 2. The first-order valence-corrected chi connectivity index (χ1v) is 9.16. The molecule has 1 aliphatic heterocycles. The maximum Gasteiger partial charge on any atom is 0.0400 e. The Morgan fingerprint density at radius 2 is 1.71 bits per heavy atom. The summed E-state index contributed by atoms with van der Waals surface area (Å²) in [6, 6.07) is 18.0. The third-order valence-corrected chi connectivity index (χ3v) is 5.02. The summed E-state index contributed by atoms with van der Waals surface area (Å²) in [5, 5.41) is 7.00. The molecule has 2 aromatic carbocycles. The average Bonchev–Trinajstić information content (AvgIpc) is 2.61. The normalized spacial score (nSPS) is 16.1. The van der Waals surface area contributed by atoms with E-state index in [1.54, 1.807) is 0 Å². The van der Waals surface area contributed by atoms with Gasteiger partial charge in [0, 0.05) is 12.2 Å². The van der Waals surface area contributed by atoms with Crippen molar-refractivity contribution in [2.24, 2.45) is 0 Å². The fraction of sp³-hybridized carbons (Fsp3) is 0.455. The Kier molecular flexibility index (Phi) is 5.25. The van der Waals surface area contributed by atoms with E-state index in [9.17, 15) is 0 Å². The van der Waals surface area contributed by atoms with Crippen LogP contribution in [0.15, 0.2) is 48.5 Å². The van der Waals surface area contributed by atoms with Crippen molar-refractivity contribution < 1.29 is 0 Å². The van der Waals surface area contributed by atoms with Gasteiger partial charge in [-0.05, 0) is 66.1 Å². The third kappa shape index (κ3) is 4.39. The van der Waals surface area contributed by atoms with Gasteiger partial charge in [-0.2, -0.15) is 0 Å². The van der Waals surface area contributed by atoms with E-state index in [2.05, 4.69) is 79.9 Å². The van der Waals surface area contributed by atoms with Crippen molar-refractivity contribution in [2.45, 2.75) is 51.5 Å². The standard InChI is InChI=1S/C22H30N2/c1-22(2,3)20-5-4-6-21(15-20)24-16-17-7-9-18(10-8-17)19-11-13-23-14-12-19/h4-10,15,19,23-24H,11-14,16H2,1-3H3. The molecule has 1 heterocycles. The molecule has 0 atom stereocenters. The number of nitrogens with one attached hydrogen (secondary N) is 2. The van der Waals surface area contributed by atoms with Crippen molar-refractivity contribution in [3.8, 4) is 0 Å². The Morgan fingerprint density at radius 3 is 2.38 bits per heavy atom. The highest BCUT2D eigenvalue weighted by molar-refractivity contribution is 5.48. The average molecular weight is 322 g/mol. The highest BCUT2D eigenvalue weighted by Crippen LogP contribution is 2.26. The van der Waals surface area contributed by atoms with E-state index < -0.39 is 0 Å². The second-order valence-electron chi connectivity index (χ2n) is 7.95. The second kappa shape index (κ2) is 7.40. The summed E-state index contributed by atoms with van der Waals surface area (Å²) in [7, 11) is 0. The highest BCUT2D eigenvalue weighted by atomic mass is 14.9. The van der Waals surface area contributed by atoms with Gasteiger partial charge in [0.05, 0.1) is 0 Å². The van der Waals surface area contributed by atoms with E-state index in [4.69, 9.17) is 0 Å². The molecule has 0 unspecified atom stereocenters. The monoisotopic (exact) mass is 322 g/mol. The topological polar surface area (TPSA) is 24.1 Å². The van der Waals surface area contributed by atoms with Crippen LogP contribution >= 0.6 is 0 Å². The van der Waals surface area contributed by atoms with E-state index in [1.807, 2.05) is 0 Å². The zero-order valence-corrected chi connectivity index (χ0v) is 15.2. The van der Waals surface area contributed by atoms with E-state index in [-0.39, 0.29) is 5.41 Å². The van der Waals surface area contributed by atoms with Gasteiger partial charge in [-0.1, -0.05) is 57.2 Å². The second-order valence-corrected chi connectivity index (χ2v) is 7.95. The van der Waals surface area contributed by atoms with Gasteiger partial charge in [-0.3, -0.25) is 0 Å². The number of anilines is 1. The number of rotatable bonds is 4. The summed E-state index contributed by atoms with van der Waals surface area (Å²) in [6.07, 6.45) is 2.52. The van der Waals surface area contributed by atoms with Crippen LogP contribution in [0, 0.1) is 0 Å². The lowest BCUT2D eigenvalue weighted by Crippen LogP contribution is -2.26. The molecule has 2 aromatic rings. The summed E-state index contributed by atoms with van der Waals surface area (Å²) >= 11 is 0. The predicted molar refractivity (Wildman–Crippen MR) is 104 cm³/mol. The number of hydrogen-bond acceptors (Lipinski definition) is 2. The third-order valence-electron chi connectivity index (χ3n) is 5.02. The molecule has 0 amide bonds. The van der Waals surface area contributed by atoms with Gasteiger partial charge in [0.2, 0.25) is 0 Å². The molecule has 1 aliphatic rings. The maximum atomic E-state index is 3.56. The van der Waals surface area contributed by atoms with Crippen LogP contribution in [0.4, 0.5) is 5.69 Å². The minimum absolute atomic E-state index is 0.189. The van der Waals surface area contributed by atoms with E-state index in [0.29, 0.717) is 0 Å². The minimum atomic E-state index is 0.189. The quantitative estimate of drug-likeness (QED) is 0.822. The van der Waals surface area contributed by atoms with Crippen molar-refractivity contribution in [1.29, 1.82) is 0 Å². The van der Waals surface area contributed by atoms with Crippen LogP contribution < -0.4 is 10.6 Å². The molecule has 128 valence electrons. The molecule has 24 heavy (non-hydrogen) atoms. The molecular formula is C22H30N2. The lowest BCUT2D eigenvalue weighted by atomic mass is 9.87. The maximum absolute atomic E-state index is 3.56. The first-order chi connectivity index (χ1) is 11.5. The smallest absolute Gasteiger partial charge is 0.0400 e. The van der Waals surface area contributed by atoms with Crippen molar-refractivity contribution >= 4 is 5.69 Å². The summed E-state index contributed by atoms with van der Waals surface area (Å²) < 4.78 is 0. The van der Waals surface area contributed by atoms with Crippen molar-refractivity contribution in [1.82, 2.24) is 5.32 Å². The molecule has 0 aromatic heterocycles. The van der Waals surface area contributed by atoms with Gasteiger partial charge in [-0.15, -0.1) is 0 Å². The molecular weight excluding hydrogens is 292 g/mol. The fourth-order valence-electron chi connectivity index (χ4n) is 3.36. The van der Waals surface area contributed by atoms with E-state index in [1.165, 1.54) is 35.2 Å². The molecule has 1 saturated heterocycles. The zero-order chi connectivity index (χ0) is 17.0. The summed E-state index contributed by atoms with van der Waals surface area (Å²) in [6.45, 7) is 9.94. The van der Waals surface area contributed by atoms with Crippen LogP contribution in [0.5, 0.6) is 0 Å². The van der Waals surface area contributed by atoms with Gasteiger partial charge in [-0.25, -0.2) is 0 Å². The van der Waals surface area contributed by atoms with Crippen LogP contribution in [0.25, 0.3) is 0 Å². The Morgan fingerprint density at radius 1 is 1.00 bits per heavy atom. The zero-order valence-electron chi connectivity index (χ0n) is 15.2. The molecule has 1 fully saturated rings. The molecule has 0 aliphatic carbocycles. The summed E-state index contributed by atoms with van der Waals surface area (Å²) in [5.74, 6) is 0.733. The lowest BCUT2D eigenvalue weighted by molar-refractivity contribution is 0.460. The van der Waals surface area contributed by atoms with Gasteiger partial charge in [0.1, 0.15) is 0 Å². The summed E-state index contributed by atoms with van der Waals surface area (Å²) in [5.41, 5.74) is 5.59. The van der Waals surface area contributed by atoms with Crippen molar-refractivity contribution in [3.05, 3.63) is 65.2 Å². The van der Waals surface area contributed by atoms with Crippen molar-refractivity contribution in [3.63, 3.8) is 0 Å². The van der Waals surface area contributed by atoms with Gasteiger partial charge >= 0.3 is 0 Å². The number of piperidine rings is 1. The largest absolute Gasteiger partial charge is 0.381 e. The molecule has 0 radical (unpaired) electrons. The fourth-order valence-corrected chi connectivity index (χ4v) is 3.36. The molecule has 2 nitrogen and oxygen atoms in total. The molecule has 0 spiro atoms. The van der Waals surface area contributed by atoms with E-state index in [0.717, 1.165) is 25.6 Å². The van der Waals surface area contributed by atoms with Crippen molar-refractivity contribution in [2.75, 3.05) is 18.4 Å². The Balaban J connectivity index is 1.60. The predicted octanol–water partition coefficient (Wildman–Crippen LogP) is 5.06. The van der Waals surface area contributed by atoms with Crippen LogP contribution in [0.1, 0.15) is 56.2 Å². The molecule has 2 heteroatoms. The van der Waals surface area contributed by atoms with Crippen LogP contribution in [0.3, 0.4) is 0 Å². The Hall–Kier alpha value is -1.80. The first-order valence-electron chi connectivity index (χ1n) is 9.16. The minimum Gasteiger partial charge on any atom is -0.381 e. The first kappa shape index (κ1) is 17.0. The van der Waals surface area contributed by atoms with Crippen LogP contribution in [-0.4, -0.2) is 13.1 Å². The van der Waals surface area contributed by atoms with E-state index >= 15 is 0 Å². The SMILES string of the molecule is CC(C)(C)c1cccc(NCc2ccc(C3CCNCC3)cc2)c1. The van der Waals surface area contributed by atoms with Gasteiger partial charge in [0.15, 0.2) is 0 Å². The number of benzene rings is 2. The molecule has 0 bridgehead atoms. The lowest BCUT2D eigenvalue weighted by Gasteiger charge is -2.23. The van der Waals surface area contributed by atoms with Crippen LogP contribution in [-0.2, 0) is 12.0 Å². The molecule has 0 saturated carbocycles. The highest BCUT2D eigenvalue weighted by Gasteiger charge is 2.15. The van der Waals surface area contributed by atoms with Crippen LogP contribution in [0.2, 0.25) is 0 Å². The Labute approximate surface area is 146 Å². The molecule has 3 rings (SSSR count). The summed E-state index contributed by atoms with van der Waals surface area (Å²) in [4.78, 5) is 0. The molecule has 2 N–H and O–H groups in total. The van der Waals surface area contributed by atoms with Gasteiger partial charge in [0.25, 0.3) is 0 Å².